The minimum absolute atomic E-state index is 0.334. The summed E-state index contributed by atoms with van der Waals surface area (Å²) in [5.74, 6) is 0. The minimum atomic E-state index is -0.688. The molecule has 0 bridgehead atoms. The highest BCUT2D eigenvalue weighted by molar-refractivity contribution is 5.71. The zero-order chi connectivity index (χ0) is 9.78. The van der Waals surface area contributed by atoms with E-state index in [2.05, 4.69) is 10.1 Å². The number of carbonyl (C=O) groups excluding carboxylic acids is 2. The van der Waals surface area contributed by atoms with Crippen LogP contribution >= 0.6 is 0 Å². The molecule has 0 radical (unpaired) electrons. The second kappa shape index (κ2) is 4.09. The Morgan fingerprint density at radius 3 is 2.33 bits per heavy atom. The first-order valence-electron chi connectivity index (χ1n) is 3.79. The second-order valence-corrected chi connectivity index (χ2v) is 3.62. The Kier molecular flexibility index (Phi) is 3.73. The molecule has 4 nitrogen and oxygen atoms in total. The Morgan fingerprint density at radius 2 is 2.00 bits per heavy atom. The number of carbonyl (C=O) groups is 2. The molecule has 1 atom stereocenters. The van der Waals surface area contributed by atoms with Gasteiger partial charge in [-0.3, -0.25) is 4.79 Å². The van der Waals surface area contributed by atoms with E-state index in [1.807, 2.05) is 20.8 Å². The highest BCUT2D eigenvalue weighted by atomic mass is 16.6. The van der Waals surface area contributed by atoms with Crippen LogP contribution in [0, 0.1) is 0 Å². The van der Waals surface area contributed by atoms with Gasteiger partial charge in [0.05, 0.1) is 0 Å². The van der Waals surface area contributed by atoms with Crippen molar-refractivity contribution in [3.05, 3.63) is 0 Å². The highest BCUT2D eigenvalue weighted by Crippen LogP contribution is 1.99. The van der Waals surface area contributed by atoms with Crippen molar-refractivity contribution in [2.24, 2.45) is 0 Å². The standard InChI is InChI=1S/C8H15NO3/c1-6(5-10)12-7(11)9-8(2,3)4/h5-6H,1-4H3,(H,9,11)/t6-/m1/s1. The fraction of sp³-hybridized carbons (Fsp3) is 0.750. The molecule has 1 amide bonds. The van der Waals surface area contributed by atoms with Gasteiger partial charge >= 0.3 is 6.09 Å². The zero-order valence-corrected chi connectivity index (χ0v) is 7.88. The molecule has 0 unspecified atom stereocenters. The van der Waals surface area contributed by atoms with Crippen molar-refractivity contribution in [2.45, 2.75) is 39.3 Å². The van der Waals surface area contributed by atoms with Crippen LogP contribution in [0.25, 0.3) is 0 Å². The van der Waals surface area contributed by atoms with Gasteiger partial charge in [-0.25, -0.2) is 4.79 Å². The van der Waals surface area contributed by atoms with Crippen LogP contribution in [0.4, 0.5) is 4.79 Å². The average molecular weight is 173 g/mol. The third-order valence-corrected chi connectivity index (χ3v) is 0.962. The number of aldehydes is 1. The Bertz CT molecular complexity index is 172. The van der Waals surface area contributed by atoms with Crippen molar-refractivity contribution in [1.82, 2.24) is 5.32 Å². The molecule has 0 rings (SSSR count). The largest absolute Gasteiger partial charge is 0.439 e. The first-order chi connectivity index (χ1) is 5.35. The van der Waals surface area contributed by atoms with Gasteiger partial charge in [-0.05, 0) is 27.7 Å². The van der Waals surface area contributed by atoms with Crippen LogP contribution in [0.1, 0.15) is 27.7 Å². The average Bonchev–Trinajstić information content (AvgIpc) is 1.82. The summed E-state index contributed by atoms with van der Waals surface area (Å²) in [7, 11) is 0. The molecule has 0 heterocycles. The maximum absolute atomic E-state index is 10.9. The molecular weight excluding hydrogens is 158 g/mol. The predicted molar refractivity (Wildman–Crippen MR) is 44.9 cm³/mol. The lowest BCUT2D eigenvalue weighted by atomic mass is 10.1. The van der Waals surface area contributed by atoms with E-state index in [0.717, 1.165) is 0 Å². The third-order valence-electron chi connectivity index (χ3n) is 0.962. The first-order valence-corrected chi connectivity index (χ1v) is 3.79. The molecule has 0 aromatic carbocycles. The van der Waals surface area contributed by atoms with E-state index in [0.29, 0.717) is 6.29 Å². The van der Waals surface area contributed by atoms with Crippen molar-refractivity contribution < 1.29 is 14.3 Å². The SMILES string of the molecule is C[C@H](C=O)OC(=O)NC(C)(C)C. The molecule has 0 aromatic rings. The summed E-state index contributed by atoms with van der Waals surface area (Å²) < 4.78 is 4.66. The van der Waals surface area contributed by atoms with Crippen molar-refractivity contribution in [3.63, 3.8) is 0 Å². The van der Waals surface area contributed by atoms with Gasteiger partial charge in [-0.1, -0.05) is 0 Å². The van der Waals surface area contributed by atoms with Crippen LogP contribution in [0.2, 0.25) is 0 Å². The summed E-state index contributed by atoms with van der Waals surface area (Å²) in [5, 5.41) is 2.56. The summed E-state index contributed by atoms with van der Waals surface area (Å²) in [6.07, 6.45) is -0.683. The number of rotatable bonds is 2. The van der Waals surface area contributed by atoms with Gasteiger partial charge in [0.1, 0.15) is 0 Å². The maximum atomic E-state index is 10.9. The zero-order valence-electron chi connectivity index (χ0n) is 7.88. The smallest absolute Gasteiger partial charge is 0.408 e. The second-order valence-electron chi connectivity index (χ2n) is 3.62. The van der Waals surface area contributed by atoms with Crippen molar-refractivity contribution in [3.8, 4) is 0 Å². The molecule has 0 saturated heterocycles. The van der Waals surface area contributed by atoms with Gasteiger partial charge in [0, 0.05) is 5.54 Å². The van der Waals surface area contributed by atoms with E-state index in [1.54, 1.807) is 0 Å². The number of amides is 1. The van der Waals surface area contributed by atoms with E-state index in [-0.39, 0.29) is 5.54 Å². The number of nitrogens with one attached hydrogen (secondary N) is 1. The van der Waals surface area contributed by atoms with Crippen LogP contribution in [0.3, 0.4) is 0 Å². The molecule has 0 aliphatic heterocycles. The summed E-state index contributed by atoms with van der Waals surface area (Å²) in [4.78, 5) is 21.0. The summed E-state index contributed by atoms with van der Waals surface area (Å²) >= 11 is 0. The molecule has 0 aromatic heterocycles. The van der Waals surface area contributed by atoms with Crippen LogP contribution in [-0.4, -0.2) is 24.0 Å². The monoisotopic (exact) mass is 173 g/mol. The van der Waals surface area contributed by atoms with E-state index >= 15 is 0 Å². The van der Waals surface area contributed by atoms with Gasteiger partial charge in [0.15, 0.2) is 12.4 Å². The molecule has 0 fully saturated rings. The Balaban J connectivity index is 3.82. The van der Waals surface area contributed by atoms with Gasteiger partial charge < -0.3 is 10.1 Å². The van der Waals surface area contributed by atoms with Gasteiger partial charge in [0.25, 0.3) is 0 Å². The molecule has 70 valence electrons. The number of alkyl carbamates (subject to hydrolysis) is 1. The van der Waals surface area contributed by atoms with Crippen LogP contribution in [-0.2, 0) is 9.53 Å². The Morgan fingerprint density at radius 1 is 1.50 bits per heavy atom. The fourth-order valence-electron chi connectivity index (χ4n) is 0.532. The van der Waals surface area contributed by atoms with Crippen molar-refractivity contribution in [2.75, 3.05) is 0 Å². The molecule has 0 aliphatic carbocycles. The molecule has 12 heavy (non-hydrogen) atoms. The van der Waals surface area contributed by atoms with E-state index in [1.165, 1.54) is 6.92 Å². The van der Waals surface area contributed by atoms with Gasteiger partial charge in [-0.15, -0.1) is 0 Å². The number of hydrogen-bond acceptors (Lipinski definition) is 3. The summed E-state index contributed by atoms with van der Waals surface area (Å²) in [5.41, 5.74) is -0.334. The van der Waals surface area contributed by atoms with E-state index in [9.17, 15) is 9.59 Å². The van der Waals surface area contributed by atoms with Gasteiger partial charge in [-0.2, -0.15) is 0 Å². The van der Waals surface area contributed by atoms with E-state index in [4.69, 9.17) is 0 Å². The lowest BCUT2D eigenvalue weighted by Crippen LogP contribution is -2.42. The molecule has 0 spiro atoms. The molecule has 0 saturated carbocycles. The Hall–Kier alpha value is -1.06. The Labute approximate surface area is 72.3 Å². The lowest BCUT2D eigenvalue weighted by Gasteiger charge is -2.20. The number of ether oxygens (including phenoxy) is 1. The van der Waals surface area contributed by atoms with E-state index < -0.39 is 12.2 Å². The molecular formula is C8H15NO3. The highest BCUT2D eigenvalue weighted by Gasteiger charge is 2.16. The maximum Gasteiger partial charge on any atom is 0.408 e. The normalized spacial score (nSPS) is 13.3. The van der Waals surface area contributed by atoms with Gasteiger partial charge in [0.2, 0.25) is 0 Å². The predicted octanol–water partition coefficient (Wildman–Crippen LogP) is 1.10. The molecule has 4 heteroatoms. The van der Waals surface area contributed by atoms with Crippen LogP contribution in [0.15, 0.2) is 0 Å². The third kappa shape index (κ3) is 5.70. The molecule has 0 aliphatic rings. The molecule has 1 N–H and O–H groups in total. The minimum Gasteiger partial charge on any atom is -0.439 e. The van der Waals surface area contributed by atoms with Crippen LogP contribution in [0.5, 0.6) is 0 Å². The first kappa shape index (κ1) is 10.9. The van der Waals surface area contributed by atoms with Crippen molar-refractivity contribution in [1.29, 1.82) is 0 Å². The quantitative estimate of drug-likeness (QED) is 0.636. The number of hydrogen-bond donors (Lipinski definition) is 1. The van der Waals surface area contributed by atoms with Crippen LogP contribution < -0.4 is 5.32 Å². The topological polar surface area (TPSA) is 55.4 Å². The summed E-state index contributed by atoms with van der Waals surface area (Å²) in [6.45, 7) is 7.01. The lowest BCUT2D eigenvalue weighted by molar-refractivity contribution is -0.114. The fourth-order valence-corrected chi connectivity index (χ4v) is 0.532. The summed E-state index contributed by atoms with van der Waals surface area (Å²) in [6, 6.07) is 0. The van der Waals surface area contributed by atoms with Crippen molar-refractivity contribution >= 4 is 12.4 Å².